The monoisotopic (exact) mass is 237 g/mol. The number of carboxylic acids is 1. The Morgan fingerprint density at radius 1 is 1.59 bits per heavy atom. The Hall–Kier alpha value is -1.62. The summed E-state index contributed by atoms with van der Waals surface area (Å²) in [5.41, 5.74) is 0.634. The molecule has 1 saturated heterocycles. The third-order valence-corrected chi connectivity index (χ3v) is 2.99. The summed E-state index contributed by atoms with van der Waals surface area (Å²) in [6, 6.07) is 3.56. The molecule has 2 unspecified atom stereocenters. The lowest BCUT2D eigenvalue weighted by Gasteiger charge is -2.13. The molecule has 5 heteroatoms. The number of rotatable bonds is 3. The Morgan fingerprint density at radius 3 is 3.00 bits per heavy atom. The minimum absolute atomic E-state index is 0.0464. The number of hydrogen-bond donors (Lipinski definition) is 1. The van der Waals surface area contributed by atoms with Crippen LogP contribution in [-0.2, 0) is 16.1 Å². The number of nitrogens with zero attached hydrogens (tertiary/aromatic N) is 1. The van der Waals surface area contributed by atoms with Gasteiger partial charge in [0.25, 0.3) is 5.56 Å². The van der Waals surface area contributed by atoms with Crippen molar-refractivity contribution in [1.29, 1.82) is 0 Å². The van der Waals surface area contributed by atoms with Crippen molar-refractivity contribution in [2.75, 3.05) is 0 Å². The minimum atomic E-state index is -0.927. The van der Waals surface area contributed by atoms with Crippen LogP contribution >= 0.6 is 0 Å². The van der Waals surface area contributed by atoms with E-state index < -0.39 is 12.1 Å². The highest BCUT2D eigenvalue weighted by molar-refractivity contribution is 5.72. The number of carboxylic acid groups (broad SMARTS) is 1. The highest BCUT2D eigenvalue weighted by Crippen LogP contribution is 2.20. The summed E-state index contributed by atoms with van der Waals surface area (Å²) in [4.78, 5) is 22.5. The van der Waals surface area contributed by atoms with Crippen LogP contribution in [0.5, 0.6) is 0 Å². The molecule has 92 valence electrons. The van der Waals surface area contributed by atoms with Crippen LogP contribution in [0.1, 0.15) is 18.4 Å². The predicted octanol–water partition coefficient (Wildman–Crippen LogP) is 0.789. The maximum absolute atomic E-state index is 11.8. The molecule has 0 saturated carbocycles. The van der Waals surface area contributed by atoms with Gasteiger partial charge < -0.3 is 14.4 Å². The van der Waals surface area contributed by atoms with Crippen molar-refractivity contribution in [2.24, 2.45) is 0 Å². The van der Waals surface area contributed by atoms with E-state index in [1.54, 1.807) is 29.8 Å². The molecule has 0 amide bonds. The lowest BCUT2D eigenvalue weighted by molar-refractivity contribution is -0.149. The number of pyridine rings is 1. The number of carbonyl (C=O) groups is 1. The summed E-state index contributed by atoms with van der Waals surface area (Å²) in [5, 5.41) is 8.80. The third-order valence-electron chi connectivity index (χ3n) is 2.99. The van der Waals surface area contributed by atoms with Gasteiger partial charge in [-0.1, -0.05) is 6.07 Å². The zero-order valence-electron chi connectivity index (χ0n) is 9.63. The van der Waals surface area contributed by atoms with Crippen molar-refractivity contribution in [3.8, 4) is 0 Å². The third kappa shape index (κ3) is 2.55. The van der Waals surface area contributed by atoms with Gasteiger partial charge in [0.05, 0.1) is 12.6 Å². The van der Waals surface area contributed by atoms with E-state index in [0.29, 0.717) is 24.9 Å². The van der Waals surface area contributed by atoms with E-state index in [0.717, 1.165) is 0 Å². The molecule has 0 aromatic carbocycles. The fourth-order valence-corrected chi connectivity index (χ4v) is 2.04. The normalized spacial score (nSPS) is 23.8. The van der Waals surface area contributed by atoms with Crippen LogP contribution in [0.3, 0.4) is 0 Å². The van der Waals surface area contributed by atoms with E-state index in [-0.39, 0.29) is 11.7 Å². The van der Waals surface area contributed by atoms with Gasteiger partial charge in [0.2, 0.25) is 0 Å². The van der Waals surface area contributed by atoms with E-state index >= 15 is 0 Å². The first kappa shape index (κ1) is 11.9. The molecule has 0 bridgehead atoms. The van der Waals surface area contributed by atoms with E-state index in [1.807, 2.05) is 0 Å². The summed E-state index contributed by atoms with van der Waals surface area (Å²) in [7, 11) is 0. The molecule has 17 heavy (non-hydrogen) atoms. The molecule has 2 atom stereocenters. The molecule has 2 rings (SSSR count). The second kappa shape index (κ2) is 4.71. The first-order valence-corrected chi connectivity index (χ1v) is 5.62. The van der Waals surface area contributed by atoms with Crippen molar-refractivity contribution in [2.45, 2.75) is 38.5 Å². The van der Waals surface area contributed by atoms with Crippen LogP contribution in [0.4, 0.5) is 0 Å². The first-order valence-electron chi connectivity index (χ1n) is 5.62. The lowest BCUT2D eigenvalue weighted by atomic mass is 10.2. The van der Waals surface area contributed by atoms with Crippen LogP contribution in [0.2, 0.25) is 0 Å². The summed E-state index contributed by atoms with van der Waals surface area (Å²) in [5.74, 6) is -0.927. The van der Waals surface area contributed by atoms with Gasteiger partial charge in [0.1, 0.15) is 0 Å². The Balaban J connectivity index is 2.05. The molecule has 2 heterocycles. The van der Waals surface area contributed by atoms with Gasteiger partial charge in [-0.3, -0.25) is 4.79 Å². The fraction of sp³-hybridized carbons (Fsp3) is 0.500. The molecular formula is C12H15NO4. The van der Waals surface area contributed by atoms with Gasteiger partial charge in [0.15, 0.2) is 6.10 Å². The second-order valence-corrected chi connectivity index (χ2v) is 4.31. The van der Waals surface area contributed by atoms with Crippen LogP contribution in [0.25, 0.3) is 0 Å². The largest absolute Gasteiger partial charge is 0.479 e. The number of aryl methyl sites for hydroxylation is 1. The van der Waals surface area contributed by atoms with Gasteiger partial charge in [-0.2, -0.15) is 0 Å². The fourth-order valence-electron chi connectivity index (χ4n) is 2.04. The molecule has 1 fully saturated rings. The molecule has 0 spiro atoms. The molecule has 1 aliphatic heterocycles. The number of hydrogen-bond acceptors (Lipinski definition) is 3. The topological polar surface area (TPSA) is 68.5 Å². The maximum atomic E-state index is 11.8. The molecular weight excluding hydrogens is 222 g/mol. The number of aliphatic carboxylic acids is 1. The van der Waals surface area contributed by atoms with Crippen molar-refractivity contribution in [3.05, 3.63) is 34.2 Å². The summed E-state index contributed by atoms with van der Waals surface area (Å²) in [6.45, 7) is 2.18. The molecule has 1 aromatic rings. The summed E-state index contributed by atoms with van der Waals surface area (Å²) in [6.07, 6.45) is 1.99. The predicted molar refractivity (Wildman–Crippen MR) is 61.0 cm³/mol. The quantitative estimate of drug-likeness (QED) is 0.843. The molecule has 1 N–H and O–H groups in total. The zero-order valence-corrected chi connectivity index (χ0v) is 9.63. The highest BCUT2D eigenvalue weighted by Gasteiger charge is 2.30. The van der Waals surface area contributed by atoms with Crippen LogP contribution in [0.15, 0.2) is 23.1 Å². The molecule has 0 radical (unpaired) electrons. The summed E-state index contributed by atoms with van der Waals surface area (Å²) < 4.78 is 6.94. The van der Waals surface area contributed by atoms with Crippen molar-refractivity contribution < 1.29 is 14.6 Å². The van der Waals surface area contributed by atoms with Crippen molar-refractivity contribution in [1.82, 2.24) is 4.57 Å². The molecule has 0 aliphatic carbocycles. The average Bonchev–Trinajstić information content (AvgIpc) is 2.73. The van der Waals surface area contributed by atoms with E-state index in [2.05, 4.69) is 0 Å². The number of ether oxygens (including phenoxy) is 1. The van der Waals surface area contributed by atoms with Crippen molar-refractivity contribution in [3.63, 3.8) is 0 Å². The van der Waals surface area contributed by atoms with Gasteiger partial charge >= 0.3 is 5.97 Å². The smallest absolute Gasteiger partial charge is 0.332 e. The van der Waals surface area contributed by atoms with Crippen molar-refractivity contribution >= 4 is 5.97 Å². The van der Waals surface area contributed by atoms with E-state index in [4.69, 9.17) is 9.84 Å². The Kier molecular flexibility index (Phi) is 3.28. The Morgan fingerprint density at radius 2 is 2.35 bits per heavy atom. The zero-order chi connectivity index (χ0) is 12.4. The second-order valence-electron chi connectivity index (χ2n) is 4.31. The van der Waals surface area contributed by atoms with Crippen LogP contribution in [0, 0.1) is 6.92 Å². The van der Waals surface area contributed by atoms with Crippen LogP contribution in [-0.4, -0.2) is 27.9 Å². The maximum Gasteiger partial charge on any atom is 0.332 e. The number of aromatic nitrogens is 1. The standard InChI is InChI=1S/C12H15NO4/c1-8-3-2-6-13(11(8)14)7-9-4-5-10(17-9)12(15)16/h2-3,6,9-10H,4-5,7H2,1H3,(H,15,16). The molecule has 1 aliphatic rings. The van der Waals surface area contributed by atoms with E-state index in [1.165, 1.54) is 0 Å². The summed E-state index contributed by atoms with van der Waals surface area (Å²) >= 11 is 0. The Bertz CT molecular complexity index is 480. The SMILES string of the molecule is Cc1cccn(CC2CCC(C(=O)O)O2)c1=O. The molecule has 5 nitrogen and oxygen atoms in total. The molecule has 1 aromatic heterocycles. The van der Waals surface area contributed by atoms with Gasteiger partial charge in [-0.25, -0.2) is 4.79 Å². The average molecular weight is 237 g/mol. The van der Waals surface area contributed by atoms with E-state index in [9.17, 15) is 9.59 Å². The van der Waals surface area contributed by atoms with Gasteiger partial charge in [-0.15, -0.1) is 0 Å². The lowest BCUT2D eigenvalue weighted by Crippen LogP contribution is -2.28. The van der Waals surface area contributed by atoms with Gasteiger partial charge in [-0.05, 0) is 25.8 Å². The minimum Gasteiger partial charge on any atom is -0.479 e. The Labute approximate surface area is 98.6 Å². The highest BCUT2D eigenvalue weighted by atomic mass is 16.5. The van der Waals surface area contributed by atoms with Crippen LogP contribution < -0.4 is 5.56 Å². The first-order chi connectivity index (χ1) is 8.08. The van der Waals surface area contributed by atoms with Gasteiger partial charge in [0, 0.05) is 11.8 Å².